The number of rotatable bonds is 7. The molecule has 0 bridgehead atoms. The van der Waals surface area contributed by atoms with Gasteiger partial charge in [-0.15, -0.1) is 0 Å². The van der Waals surface area contributed by atoms with Gasteiger partial charge in [0.2, 0.25) is 5.88 Å². The van der Waals surface area contributed by atoms with E-state index in [1.54, 1.807) is 12.4 Å². The Morgan fingerprint density at radius 2 is 2.00 bits per heavy atom. The Kier molecular flexibility index (Phi) is 5.85. The first kappa shape index (κ1) is 14.7. The zero-order chi connectivity index (χ0) is 13.5. The molecule has 102 valence electrons. The minimum atomic E-state index is 0.0951. The molecule has 5 nitrogen and oxygen atoms in total. The van der Waals surface area contributed by atoms with Gasteiger partial charge in [-0.1, -0.05) is 13.8 Å². The zero-order valence-electron chi connectivity index (χ0n) is 11.7. The van der Waals surface area contributed by atoms with E-state index in [4.69, 9.17) is 10.5 Å². The van der Waals surface area contributed by atoms with Crippen LogP contribution in [-0.2, 0) is 0 Å². The van der Waals surface area contributed by atoms with Crippen LogP contribution < -0.4 is 15.8 Å². The summed E-state index contributed by atoms with van der Waals surface area (Å²) in [4.78, 5) is 8.40. The first-order valence-electron chi connectivity index (χ1n) is 6.45. The van der Waals surface area contributed by atoms with Crippen LogP contribution in [0.25, 0.3) is 0 Å². The van der Waals surface area contributed by atoms with E-state index in [0.29, 0.717) is 24.2 Å². The van der Waals surface area contributed by atoms with E-state index in [2.05, 4.69) is 29.1 Å². The molecule has 0 spiro atoms. The molecule has 1 atom stereocenters. The summed E-state index contributed by atoms with van der Waals surface area (Å²) in [6.07, 6.45) is 4.37. The minimum absolute atomic E-state index is 0.0951. The average Bonchev–Trinajstić information content (AvgIpc) is 2.25. The Hall–Kier alpha value is -1.36. The van der Waals surface area contributed by atoms with E-state index in [1.165, 1.54) is 0 Å². The number of nitrogens with one attached hydrogen (secondary N) is 1. The Morgan fingerprint density at radius 3 is 2.61 bits per heavy atom. The van der Waals surface area contributed by atoms with Gasteiger partial charge < -0.3 is 15.8 Å². The van der Waals surface area contributed by atoms with Gasteiger partial charge in [0.1, 0.15) is 5.82 Å². The van der Waals surface area contributed by atoms with Crippen molar-refractivity contribution in [1.82, 2.24) is 9.97 Å². The smallest absolute Gasteiger partial charge is 0.234 e. The largest absolute Gasteiger partial charge is 0.474 e. The van der Waals surface area contributed by atoms with Gasteiger partial charge in [0.05, 0.1) is 18.5 Å². The van der Waals surface area contributed by atoms with E-state index in [-0.39, 0.29) is 12.1 Å². The molecule has 0 radical (unpaired) electrons. The summed E-state index contributed by atoms with van der Waals surface area (Å²) in [5, 5.41) is 3.18. The third-order valence-electron chi connectivity index (χ3n) is 2.29. The van der Waals surface area contributed by atoms with Crippen LogP contribution in [0.15, 0.2) is 12.4 Å². The fourth-order valence-electron chi connectivity index (χ4n) is 1.66. The van der Waals surface area contributed by atoms with Crippen LogP contribution in [0.1, 0.15) is 34.1 Å². The standard InChI is InChI=1S/C13H24N4O/c1-9(2)5-11(14)6-16-12-7-15-8-13(17-12)18-10(3)4/h7-11H,5-6,14H2,1-4H3,(H,16,17). The predicted octanol–water partition coefficient (Wildman–Crippen LogP) is 2.05. The van der Waals surface area contributed by atoms with Crippen molar-refractivity contribution < 1.29 is 4.74 Å². The van der Waals surface area contributed by atoms with E-state index >= 15 is 0 Å². The van der Waals surface area contributed by atoms with Crippen molar-refractivity contribution in [2.45, 2.75) is 46.3 Å². The highest BCUT2D eigenvalue weighted by molar-refractivity contribution is 5.33. The lowest BCUT2D eigenvalue weighted by Crippen LogP contribution is -2.30. The Bertz CT molecular complexity index is 355. The number of aromatic nitrogens is 2. The highest BCUT2D eigenvalue weighted by Gasteiger charge is 2.06. The van der Waals surface area contributed by atoms with Crippen molar-refractivity contribution >= 4 is 5.82 Å². The molecule has 0 aliphatic carbocycles. The molecule has 0 aliphatic rings. The molecule has 1 heterocycles. The van der Waals surface area contributed by atoms with Gasteiger partial charge in [-0.3, -0.25) is 4.98 Å². The number of nitrogens with zero attached hydrogens (tertiary/aromatic N) is 2. The molecule has 5 heteroatoms. The molecule has 0 aliphatic heterocycles. The van der Waals surface area contributed by atoms with Gasteiger partial charge in [0.15, 0.2) is 0 Å². The first-order chi connectivity index (χ1) is 8.47. The molecule has 0 amide bonds. The molecule has 1 aromatic rings. The van der Waals surface area contributed by atoms with Gasteiger partial charge >= 0.3 is 0 Å². The summed E-state index contributed by atoms with van der Waals surface area (Å²) in [7, 11) is 0. The van der Waals surface area contributed by atoms with Gasteiger partial charge in [0, 0.05) is 12.6 Å². The van der Waals surface area contributed by atoms with E-state index in [1.807, 2.05) is 13.8 Å². The van der Waals surface area contributed by atoms with Crippen LogP contribution in [0.5, 0.6) is 5.88 Å². The summed E-state index contributed by atoms with van der Waals surface area (Å²) >= 11 is 0. The summed E-state index contributed by atoms with van der Waals surface area (Å²) in [6, 6.07) is 0.126. The highest BCUT2D eigenvalue weighted by Crippen LogP contribution is 2.11. The van der Waals surface area contributed by atoms with Crippen LogP contribution in [0.3, 0.4) is 0 Å². The normalized spacial score (nSPS) is 12.8. The van der Waals surface area contributed by atoms with Crippen molar-refractivity contribution in [3.05, 3.63) is 12.4 Å². The van der Waals surface area contributed by atoms with Crippen molar-refractivity contribution in [3.63, 3.8) is 0 Å². The van der Waals surface area contributed by atoms with Crippen LogP contribution >= 0.6 is 0 Å². The minimum Gasteiger partial charge on any atom is -0.474 e. The fraction of sp³-hybridized carbons (Fsp3) is 0.692. The molecule has 3 N–H and O–H groups in total. The number of ether oxygens (including phenoxy) is 1. The number of hydrogen-bond donors (Lipinski definition) is 2. The second-order valence-corrected chi connectivity index (χ2v) is 5.18. The van der Waals surface area contributed by atoms with Crippen molar-refractivity contribution in [1.29, 1.82) is 0 Å². The Labute approximate surface area is 109 Å². The summed E-state index contributed by atoms with van der Waals surface area (Å²) in [6.45, 7) is 8.94. The van der Waals surface area contributed by atoms with Gasteiger partial charge in [-0.25, -0.2) is 0 Å². The van der Waals surface area contributed by atoms with Crippen LogP contribution in [0, 0.1) is 5.92 Å². The quantitative estimate of drug-likeness (QED) is 0.777. The molecule has 0 saturated carbocycles. The second-order valence-electron chi connectivity index (χ2n) is 5.18. The molecule has 18 heavy (non-hydrogen) atoms. The maximum absolute atomic E-state index is 6.00. The van der Waals surface area contributed by atoms with Gasteiger partial charge in [0.25, 0.3) is 0 Å². The summed E-state index contributed by atoms with van der Waals surface area (Å²) in [5.41, 5.74) is 6.00. The van der Waals surface area contributed by atoms with E-state index in [9.17, 15) is 0 Å². The molecule has 0 saturated heterocycles. The fourth-order valence-corrected chi connectivity index (χ4v) is 1.66. The van der Waals surface area contributed by atoms with Crippen LogP contribution in [-0.4, -0.2) is 28.7 Å². The van der Waals surface area contributed by atoms with Gasteiger partial charge in [-0.2, -0.15) is 4.98 Å². The lowest BCUT2D eigenvalue weighted by atomic mass is 10.0. The monoisotopic (exact) mass is 252 g/mol. The molecular formula is C13H24N4O. The maximum Gasteiger partial charge on any atom is 0.234 e. The zero-order valence-corrected chi connectivity index (χ0v) is 11.7. The van der Waals surface area contributed by atoms with Crippen LogP contribution in [0.4, 0.5) is 5.82 Å². The maximum atomic E-state index is 6.00. The molecule has 1 unspecified atom stereocenters. The summed E-state index contributed by atoms with van der Waals surface area (Å²) in [5.74, 6) is 1.84. The molecule has 0 fully saturated rings. The van der Waals surface area contributed by atoms with E-state index < -0.39 is 0 Å². The third kappa shape index (κ3) is 5.82. The first-order valence-corrected chi connectivity index (χ1v) is 6.45. The lowest BCUT2D eigenvalue weighted by molar-refractivity contribution is 0.232. The lowest BCUT2D eigenvalue weighted by Gasteiger charge is -2.15. The van der Waals surface area contributed by atoms with Crippen molar-refractivity contribution in [3.8, 4) is 5.88 Å². The number of anilines is 1. The number of hydrogen-bond acceptors (Lipinski definition) is 5. The summed E-state index contributed by atoms with van der Waals surface area (Å²) < 4.78 is 5.48. The van der Waals surface area contributed by atoms with Gasteiger partial charge in [-0.05, 0) is 26.2 Å². The number of nitrogens with two attached hydrogens (primary N) is 1. The Balaban J connectivity index is 2.47. The van der Waals surface area contributed by atoms with E-state index in [0.717, 1.165) is 6.42 Å². The average molecular weight is 252 g/mol. The Morgan fingerprint density at radius 1 is 1.28 bits per heavy atom. The SMILES string of the molecule is CC(C)CC(N)CNc1cncc(OC(C)C)n1. The topological polar surface area (TPSA) is 73.1 Å². The van der Waals surface area contributed by atoms with Crippen molar-refractivity contribution in [2.75, 3.05) is 11.9 Å². The second kappa shape index (κ2) is 7.16. The van der Waals surface area contributed by atoms with Crippen LogP contribution in [0.2, 0.25) is 0 Å². The molecule has 0 aromatic carbocycles. The van der Waals surface area contributed by atoms with Crippen molar-refractivity contribution in [2.24, 2.45) is 11.7 Å². The highest BCUT2D eigenvalue weighted by atomic mass is 16.5. The third-order valence-corrected chi connectivity index (χ3v) is 2.29. The molecule has 1 rings (SSSR count). The molecule has 1 aromatic heterocycles. The molecular weight excluding hydrogens is 228 g/mol. The predicted molar refractivity (Wildman–Crippen MR) is 73.7 cm³/mol.